The Labute approximate surface area is 83.5 Å². The van der Waals surface area contributed by atoms with E-state index >= 15 is 0 Å². The molecule has 2 nitrogen and oxygen atoms in total. The summed E-state index contributed by atoms with van der Waals surface area (Å²) in [5, 5.41) is 0. The molecule has 1 aromatic rings. The van der Waals surface area contributed by atoms with Crippen molar-refractivity contribution >= 4 is 23.9 Å². The number of ketones is 1. The van der Waals surface area contributed by atoms with E-state index in [0.29, 0.717) is 12.1 Å². The van der Waals surface area contributed by atoms with Gasteiger partial charge in [0.25, 0.3) is 0 Å². The SMILES string of the molecule is Cl.Nc1cccc2c1C(=O)CCC2. The maximum Gasteiger partial charge on any atom is 0.165 e. The molecule has 0 saturated heterocycles. The number of nitrogen functional groups attached to an aromatic ring is 1. The fourth-order valence-corrected chi connectivity index (χ4v) is 1.73. The molecule has 2 rings (SSSR count). The van der Waals surface area contributed by atoms with Crippen LogP contribution in [-0.2, 0) is 6.42 Å². The van der Waals surface area contributed by atoms with E-state index in [1.807, 2.05) is 12.1 Å². The number of fused-ring (bicyclic) bond motifs is 1. The molecule has 0 heterocycles. The Balaban J connectivity index is 0.000000845. The molecule has 0 aromatic heterocycles. The predicted molar refractivity (Wildman–Crippen MR) is 55.4 cm³/mol. The summed E-state index contributed by atoms with van der Waals surface area (Å²) in [5.41, 5.74) is 8.23. The standard InChI is InChI=1S/C10H11NO.ClH/c11-8-5-1-3-7-4-2-6-9(12)10(7)8;/h1,3,5H,2,4,6,11H2;1H. The molecule has 0 radical (unpaired) electrons. The van der Waals surface area contributed by atoms with Crippen LogP contribution in [0.1, 0.15) is 28.8 Å². The van der Waals surface area contributed by atoms with Crippen molar-refractivity contribution in [2.45, 2.75) is 19.3 Å². The minimum absolute atomic E-state index is 0. The summed E-state index contributed by atoms with van der Waals surface area (Å²) in [4.78, 5) is 11.4. The molecule has 0 unspecified atom stereocenters. The molecule has 0 saturated carbocycles. The Hall–Kier alpha value is -1.02. The molecule has 3 heteroatoms. The van der Waals surface area contributed by atoms with Crippen molar-refractivity contribution in [2.75, 3.05) is 5.73 Å². The Morgan fingerprint density at radius 1 is 1.23 bits per heavy atom. The van der Waals surface area contributed by atoms with E-state index in [4.69, 9.17) is 5.73 Å². The largest absolute Gasteiger partial charge is 0.398 e. The molecule has 1 aliphatic carbocycles. The molecule has 1 aromatic carbocycles. The molecule has 2 N–H and O–H groups in total. The monoisotopic (exact) mass is 197 g/mol. The third-order valence-corrected chi connectivity index (χ3v) is 2.31. The first-order valence-electron chi connectivity index (χ1n) is 4.19. The third-order valence-electron chi connectivity index (χ3n) is 2.31. The van der Waals surface area contributed by atoms with E-state index in [9.17, 15) is 4.79 Å². The number of benzene rings is 1. The summed E-state index contributed by atoms with van der Waals surface area (Å²) in [5.74, 6) is 0.203. The van der Waals surface area contributed by atoms with Crippen molar-refractivity contribution < 1.29 is 4.79 Å². The fourth-order valence-electron chi connectivity index (χ4n) is 1.73. The van der Waals surface area contributed by atoms with Crippen molar-refractivity contribution in [1.82, 2.24) is 0 Å². The van der Waals surface area contributed by atoms with Gasteiger partial charge in [-0.3, -0.25) is 4.79 Å². The van der Waals surface area contributed by atoms with Crippen LogP contribution in [0.2, 0.25) is 0 Å². The van der Waals surface area contributed by atoms with Gasteiger partial charge in [0.2, 0.25) is 0 Å². The van der Waals surface area contributed by atoms with Crippen molar-refractivity contribution in [3.63, 3.8) is 0 Å². The number of nitrogens with two attached hydrogens (primary N) is 1. The Morgan fingerprint density at radius 2 is 2.00 bits per heavy atom. The Morgan fingerprint density at radius 3 is 2.69 bits per heavy atom. The van der Waals surface area contributed by atoms with E-state index in [0.717, 1.165) is 24.0 Å². The van der Waals surface area contributed by atoms with Gasteiger partial charge in [-0.1, -0.05) is 12.1 Å². The number of carbonyl (C=O) groups is 1. The second-order valence-corrected chi connectivity index (χ2v) is 3.16. The fraction of sp³-hybridized carbons (Fsp3) is 0.300. The first kappa shape index (κ1) is 10.1. The zero-order valence-electron chi connectivity index (χ0n) is 7.25. The number of rotatable bonds is 0. The highest BCUT2D eigenvalue weighted by molar-refractivity contribution is 6.02. The van der Waals surface area contributed by atoms with Gasteiger partial charge in [-0.05, 0) is 24.5 Å². The lowest BCUT2D eigenvalue weighted by molar-refractivity contribution is 0.0973. The zero-order chi connectivity index (χ0) is 8.55. The quantitative estimate of drug-likeness (QED) is 0.648. The summed E-state index contributed by atoms with van der Waals surface area (Å²) < 4.78 is 0. The van der Waals surface area contributed by atoms with Crippen molar-refractivity contribution in [2.24, 2.45) is 0 Å². The van der Waals surface area contributed by atoms with Crippen molar-refractivity contribution in [3.05, 3.63) is 29.3 Å². The summed E-state index contributed by atoms with van der Waals surface area (Å²) in [6, 6.07) is 5.69. The van der Waals surface area contributed by atoms with Gasteiger partial charge >= 0.3 is 0 Å². The van der Waals surface area contributed by atoms with E-state index < -0.39 is 0 Å². The lowest BCUT2D eigenvalue weighted by Crippen LogP contribution is -2.13. The minimum atomic E-state index is 0. The van der Waals surface area contributed by atoms with E-state index in [1.54, 1.807) is 6.07 Å². The third kappa shape index (κ3) is 1.68. The second kappa shape index (κ2) is 3.79. The Bertz CT molecular complexity index is 336. The van der Waals surface area contributed by atoms with Crippen LogP contribution >= 0.6 is 12.4 Å². The van der Waals surface area contributed by atoms with E-state index in [2.05, 4.69) is 0 Å². The minimum Gasteiger partial charge on any atom is -0.398 e. The average Bonchev–Trinajstić information content (AvgIpc) is 2.04. The number of halogens is 1. The number of aryl methyl sites for hydroxylation is 1. The van der Waals surface area contributed by atoms with E-state index in [-0.39, 0.29) is 18.2 Å². The highest BCUT2D eigenvalue weighted by atomic mass is 35.5. The number of carbonyl (C=O) groups excluding carboxylic acids is 1. The van der Waals surface area contributed by atoms with Crippen LogP contribution in [0.3, 0.4) is 0 Å². The normalized spacial score (nSPS) is 14.6. The van der Waals surface area contributed by atoms with Crippen LogP contribution in [0.25, 0.3) is 0 Å². The van der Waals surface area contributed by atoms with Gasteiger partial charge < -0.3 is 5.73 Å². The van der Waals surface area contributed by atoms with Gasteiger partial charge in [0.05, 0.1) is 0 Å². The summed E-state index contributed by atoms with van der Waals surface area (Å²) in [7, 11) is 0. The lowest BCUT2D eigenvalue weighted by Gasteiger charge is -2.15. The number of hydrogen-bond donors (Lipinski definition) is 1. The van der Waals surface area contributed by atoms with Crippen LogP contribution < -0.4 is 5.73 Å². The molecule has 0 aliphatic heterocycles. The van der Waals surface area contributed by atoms with Crippen LogP contribution in [-0.4, -0.2) is 5.78 Å². The topological polar surface area (TPSA) is 43.1 Å². The number of anilines is 1. The van der Waals surface area contributed by atoms with Gasteiger partial charge in [0, 0.05) is 17.7 Å². The summed E-state index contributed by atoms with van der Waals surface area (Å²) in [6.45, 7) is 0. The molecular formula is C10H12ClNO. The van der Waals surface area contributed by atoms with Crippen LogP contribution in [0, 0.1) is 0 Å². The van der Waals surface area contributed by atoms with Crippen LogP contribution in [0.4, 0.5) is 5.69 Å². The predicted octanol–water partition coefficient (Wildman–Crippen LogP) is 2.21. The van der Waals surface area contributed by atoms with Crippen LogP contribution in [0.5, 0.6) is 0 Å². The van der Waals surface area contributed by atoms with Gasteiger partial charge in [0.1, 0.15) is 0 Å². The molecule has 0 bridgehead atoms. The molecule has 0 fully saturated rings. The molecule has 0 amide bonds. The smallest absolute Gasteiger partial charge is 0.165 e. The maximum atomic E-state index is 11.4. The summed E-state index contributed by atoms with van der Waals surface area (Å²) in [6.07, 6.45) is 2.61. The molecule has 0 spiro atoms. The highest BCUT2D eigenvalue weighted by Crippen LogP contribution is 2.25. The highest BCUT2D eigenvalue weighted by Gasteiger charge is 2.18. The molecule has 70 valence electrons. The lowest BCUT2D eigenvalue weighted by atomic mass is 9.90. The molecule has 1 aliphatic rings. The summed E-state index contributed by atoms with van der Waals surface area (Å²) >= 11 is 0. The number of Topliss-reactive ketones (excluding diaryl/α,β-unsaturated/α-hetero) is 1. The Kier molecular flexibility index (Phi) is 2.94. The van der Waals surface area contributed by atoms with Gasteiger partial charge in [-0.15, -0.1) is 12.4 Å². The van der Waals surface area contributed by atoms with E-state index in [1.165, 1.54) is 0 Å². The van der Waals surface area contributed by atoms with Gasteiger partial charge in [0.15, 0.2) is 5.78 Å². The van der Waals surface area contributed by atoms with Gasteiger partial charge in [-0.2, -0.15) is 0 Å². The average molecular weight is 198 g/mol. The van der Waals surface area contributed by atoms with Crippen molar-refractivity contribution in [3.8, 4) is 0 Å². The second-order valence-electron chi connectivity index (χ2n) is 3.16. The van der Waals surface area contributed by atoms with Crippen LogP contribution in [0.15, 0.2) is 18.2 Å². The van der Waals surface area contributed by atoms with Gasteiger partial charge in [-0.25, -0.2) is 0 Å². The molecule has 0 atom stereocenters. The first-order chi connectivity index (χ1) is 5.79. The number of hydrogen-bond acceptors (Lipinski definition) is 2. The molecule has 13 heavy (non-hydrogen) atoms. The zero-order valence-corrected chi connectivity index (χ0v) is 8.06. The van der Waals surface area contributed by atoms with Crippen molar-refractivity contribution in [1.29, 1.82) is 0 Å². The maximum absolute atomic E-state index is 11.4. The molecular weight excluding hydrogens is 186 g/mol. The first-order valence-corrected chi connectivity index (χ1v) is 4.19.